The number of nitrogens with zero attached hydrogens (tertiary/aromatic N) is 1. The van der Waals surface area contributed by atoms with Crippen LogP contribution in [0.1, 0.15) is 0 Å². The van der Waals surface area contributed by atoms with Gasteiger partial charge in [-0.25, -0.2) is 0 Å². The van der Waals surface area contributed by atoms with Crippen molar-refractivity contribution in [1.82, 2.24) is 0 Å². The highest BCUT2D eigenvalue weighted by atomic mass is 79.9. The summed E-state index contributed by atoms with van der Waals surface area (Å²) in [6, 6.07) is 0. The van der Waals surface area contributed by atoms with Crippen LogP contribution in [-0.4, -0.2) is 16.5 Å². The fourth-order valence-corrected chi connectivity index (χ4v) is 1.72. The average Bonchev–Trinajstić information content (AvgIpc) is 2.15. The summed E-state index contributed by atoms with van der Waals surface area (Å²) in [5, 5.41) is 1.37. The number of hydrogen-bond acceptors (Lipinski definition) is 1. The third kappa shape index (κ3) is 1.12. The molecule has 0 fully saturated rings. The summed E-state index contributed by atoms with van der Waals surface area (Å²) in [6.07, 6.45) is 8.46. The first-order chi connectivity index (χ1) is 3.97. The zero-order chi connectivity index (χ0) is 5.40. The Bertz CT molecular complexity index is 205. The number of thioether (sulfide) groups is 1. The Morgan fingerprint density at radius 1 is 1.56 bits per heavy atom. The van der Waals surface area contributed by atoms with Crippen LogP contribution in [0.25, 0.3) is 0 Å². The van der Waals surface area contributed by atoms with Crippen LogP contribution in [0.15, 0.2) is 23.4 Å². The molecule has 0 N–H and O–H groups in total. The second-order valence-corrected chi connectivity index (χ2v) is 2.79. The molecular formula is C6H6BrNS. The molecule has 0 aromatic heterocycles. The van der Waals surface area contributed by atoms with Crippen molar-refractivity contribution in [1.29, 1.82) is 0 Å². The van der Waals surface area contributed by atoms with Crippen LogP contribution in [0.5, 0.6) is 0 Å². The van der Waals surface area contributed by atoms with Crippen LogP contribution < -0.4 is 17.0 Å². The first kappa shape index (κ1) is 7.09. The molecule has 9 heavy (non-hydrogen) atoms. The zero-order valence-electron chi connectivity index (χ0n) is 4.75. The van der Waals surface area contributed by atoms with Crippen LogP contribution in [0.3, 0.4) is 0 Å². The molecule has 0 aliphatic carbocycles. The van der Waals surface area contributed by atoms with Crippen LogP contribution in [-0.2, 0) is 0 Å². The molecule has 2 aliphatic rings. The van der Waals surface area contributed by atoms with E-state index in [-0.39, 0.29) is 17.0 Å². The lowest BCUT2D eigenvalue weighted by Gasteiger charge is -1.79. The van der Waals surface area contributed by atoms with E-state index in [1.54, 1.807) is 0 Å². The highest BCUT2D eigenvalue weighted by molar-refractivity contribution is 8.03. The van der Waals surface area contributed by atoms with E-state index in [0.29, 0.717) is 0 Å². The summed E-state index contributed by atoms with van der Waals surface area (Å²) in [5.74, 6) is 1.14. The lowest BCUT2D eigenvalue weighted by Crippen LogP contribution is -3.00. The van der Waals surface area contributed by atoms with Crippen molar-refractivity contribution in [3.8, 4) is 0 Å². The molecule has 0 amide bonds. The smallest absolute Gasteiger partial charge is 0.245 e. The molecule has 1 nitrogen and oxygen atoms in total. The van der Waals surface area contributed by atoms with E-state index >= 15 is 0 Å². The van der Waals surface area contributed by atoms with Gasteiger partial charge in [-0.2, -0.15) is 4.58 Å². The summed E-state index contributed by atoms with van der Waals surface area (Å²) in [4.78, 5) is 0. The normalized spacial score (nSPS) is 20.4. The van der Waals surface area contributed by atoms with Crippen LogP contribution in [0.2, 0.25) is 0 Å². The van der Waals surface area contributed by atoms with Gasteiger partial charge in [-0.05, 0) is 11.8 Å². The molecule has 0 spiro atoms. The molecule has 2 aliphatic heterocycles. The Morgan fingerprint density at radius 3 is 3.22 bits per heavy atom. The van der Waals surface area contributed by atoms with E-state index in [4.69, 9.17) is 0 Å². The van der Waals surface area contributed by atoms with E-state index in [9.17, 15) is 0 Å². The van der Waals surface area contributed by atoms with E-state index in [0.717, 1.165) is 5.75 Å². The van der Waals surface area contributed by atoms with Gasteiger partial charge in [0.15, 0.2) is 12.4 Å². The van der Waals surface area contributed by atoms with Gasteiger partial charge in [0, 0.05) is 12.2 Å². The predicted octanol–water partition coefficient (Wildman–Crippen LogP) is -1.81. The largest absolute Gasteiger partial charge is 1.00 e. The van der Waals surface area contributed by atoms with Gasteiger partial charge in [-0.15, -0.1) is 0 Å². The summed E-state index contributed by atoms with van der Waals surface area (Å²) >= 11 is 1.88. The number of hydrogen-bond donors (Lipinski definition) is 0. The highest BCUT2D eigenvalue weighted by Crippen LogP contribution is 2.24. The fraction of sp³-hybridized carbons (Fsp3) is 0.167. The third-order valence-electron chi connectivity index (χ3n) is 1.24. The molecule has 2 heterocycles. The maximum atomic E-state index is 2.18. The van der Waals surface area contributed by atoms with Crippen LogP contribution in [0.4, 0.5) is 0 Å². The first-order valence-corrected chi connectivity index (χ1v) is 3.58. The van der Waals surface area contributed by atoms with Crippen molar-refractivity contribution >= 4 is 18.0 Å². The molecule has 2 rings (SSSR count). The quantitative estimate of drug-likeness (QED) is 0.420. The zero-order valence-corrected chi connectivity index (χ0v) is 7.15. The molecule has 48 valence electrons. The topological polar surface area (TPSA) is 3.01 Å². The van der Waals surface area contributed by atoms with Gasteiger partial charge >= 0.3 is 0 Å². The second kappa shape index (κ2) is 2.71. The van der Waals surface area contributed by atoms with Crippen molar-refractivity contribution in [2.24, 2.45) is 0 Å². The second-order valence-electron chi connectivity index (χ2n) is 1.75. The molecule has 0 aromatic carbocycles. The lowest BCUT2D eigenvalue weighted by molar-refractivity contribution is -0.373. The van der Waals surface area contributed by atoms with Gasteiger partial charge in [0.2, 0.25) is 5.03 Å². The Morgan fingerprint density at radius 2 is 2.44 bits per heavy atom. The summed E-state index contributed by atoms with van der Waals surface area (Å²) in [7, 11) is 0. The van der Waals surface area contributed by atoms with Crippen molar-refractivity contribution < 1.29 is 21.6 Å². The third-order valence-corrected chi connectivity index (χ3v) is 2.20. The Kier molecular flexibility index (Phi) is 2.13. The maximum Gasteiger partial charge on any atom is 0.245 e. The molecule has 0 saturated carbocycles. The number of rotatable bonds is 0. The molecule has 0 atom stereocenters. The maximum absolute atomic E-state index is 2.18. The van der Waals surface area contributed by atoms with Crippen LogP contribution in [0, 0.1) is 0 Å². The van der Waals surface area contributed by atoms with E-state index in [1.165, 1.54) is 5.03 Å². The fourth-order valence-electron chi connectivity index (χ4n) is 0.854. The minimum atomic E-state index is 0. The molecule has 0 radical (unpaired) electrons. The minimum absolute atomic E-state index is 0. The van der Waals surface area contributed by atoms with Gasteiger partial charge in [0.05, 0.1) is 5.75 Å². The Hall–Kier alpha value is -0.0200. The molecule has 0 bridgehead atoms. The van der Waals surface area contributed by atoms with E-state index < -0.39 is 0 Å². The van der Waals surface area contributed by atoms with E-state index in [2.05, 4.69) is 29.1 Å². The predicted molar refractivity (Wildman–Crippen MR) is 36.0 cm³/mol. The van der Waals surface area contributed by atoms with Gasteiger partial charge < -0.3 is 17.0 Å². The molecule has 0 saturated heterocycles. The number of fused-ring (bicyclic) bond motifs is 1. The lowest BCUT2D eigenvalue weighted by atomic mass is 10.6. The molecule has 0 aromatic rings. The Labute approximate surface area is 68.9 Å². The average molecular weight is 204 g/mol. The van der Waals surface area contributed by atoms with Crippen molar-refractivity contribution in [2.75, 3.05) is 5.75 Å². The van der Waals surface area contributed by atoms with Gasteiger partial charge in [-0.3, -0.25) is 0 Å². The molecular weight excluding hydrogens is 198 g/mol. The van der Waals surface area contributed by atoms with Gasteiger partial charge in [0.1, 0.15) is 0 Å². The van der Waals surface area contributed by atoms with Crippen LogP contribution >= 0.6 is 11.8 Å². The van der Waals surface area contributed by atoms with Crippen molar-refractivity contribution in [3.63, 3.8) is 0 Å². The van der Waals surface area contributed by atoms with E-state index in [1.807, 2.05) is 11.8 Å². The summed E-state index contributed by atoms with van der Waals surface area (Å²) < 4.78 is 2.16. The summed E-state index contributed by atoms with van der Waals surface area (Å²) in [5.41, 5.74) is 0. The SMILES string of the molecule is C1=C[N+]2=CCSC2=C1.[Br-]. The first-order valence-electron chi connectivity index (χ1n) is 2.60. The monoisotopic (exact) mass is 203 g/mol. The van der Waals surface area contributed by atoms with Crippen molar-refractivity contribution in [2.45, 2.75) is 0 Å². The minimum Gasteiger partial charge on any atom is -1.00 e. The molecule has 0 unspecified atom stereocenters. The van der Waals surface area contributed by atoms with Crippen molar-refractivity contribution in [3.05, 3.63) is 23.4 Å². The summed E-state index contributed by atoms with van der Waals surface area (Å²) in [6.45, 7) is 0. The molecule has 3 heteroatoms. The van der Waals surface area contributed by atoms with Gasteiger partial charge in [-0.1, -0.05) is 0 Å². The Balaban J connectivity index is 0.000000405. The number of halogens is 1. The van der Waals surface area contributed by atoms with Gasteiger partial charge in [0.25, 0.3) is 0 Å². The standard InChI is InChI=1S/C6H6NS.BrH/c1-2-6-7(3-1)4-5-8-6;/h1-4H,5H2;1H/q+1;/p-1. The highest BCUT2D eigenvalue weighted by Gasteiger charge is 2.20. The number of allylic oxidation sites excluding steroid dienone is 2.